The van der Waals surface area contributed by atoms with Gasteiger partial charge in [-0.2, -0.15) is 0 Å². The minimum Gasteiger partial charge on any atom is -0.455 e. The second kappa shape index (κ2) is 7.84. The van der Waals surface area contributed by atoms with Gasteiger partial charge < -0.3 is 15.4 Å². The van der Waals surface area contributed by atoms with Gasteiger partial charge in [0.15, 0.2) is 5.75 Å². The lowest BCUT2D eigenvalue weighted by molar-refractivity contribution is -0.119. The largest absolute Gasteiger partial charge is 0.455 e. The molecule has 0 aliphatic carbocycles. The molecule has 0 aliphatic rings. The van der Waals surface area contributed by atoms with E-state index in [0.717, 1.165) is 11.4 Å². The molecule has 0 bridgehead atoms. The Kier molecular flexibility index (Phi) is 5.57. The predicted molar refractivity (Wildman–Crippen MR) is 88.6 cm³/mol. The van der Waals surface area contributed by atoms with E-state index in [1.807, 2.05) is 71.9 Å². The van der Waals surface area contributed by atoms with Crippen LogP contribution in [0.1, 0.15) is 6.42 Å². The van der Waals surface area contributed by atoms with Crippen LogP contribution in [0.15, 0.2) is 54.6 Å². The highest BCUT2D eigenvalue weighted by Gasteiger charge is 2.11. The van der Waals surface area contributed by atoms with Crippen molar-refractivity contribution >= 4 is 17.6 Å². The number of benzene rings is 2. The molecular formula is C17H19N3O3. The third-order valence-corrected chi connectivity index (χ3v) is 3.18. The van der Waals surface area contributed by atoms with E-state index in [1.165, 1.54) is 0 Å². The number of nitrogens with one attached hydrogen (secondary N) is 1. The molecule has 3 amide bonds. The van der Waals surface area contributed by atoms with Crippen molar-refractivity contribution in [3.8, 4) is 11.5 Å². The van der Waals surface area contributed by atoms with E-state index in [2.05, 4.69) is 0 Å². The first kappa shape index (κ1) is 16.4. The summed E-state index contributed by atoms with van der Waals surface area (Å²) in [4.78, 5) is 24.0. The van der Waals surface area contributed by atoms with Gasteiger partial charge in [0.2, 0.25) is 5.91 Å². The van der Waals surface area contributed by atoms with Crippen LogP contribution in [-0.4, -0.2) is 25.5 Å². The Bertz CT molecular complexity index is 674. The Hall–Kier alpha value is -3.02. The van der Waals surface area contributed by atoms with Crippen molar-refractivity contribution in [1.82, 2.24) is 5.32 Å². The molecule has 0 fully saturated rings. The zero-order valence-corrected chi connectivity index (χ0v) is 12.9. The standard InChI is InChI=1S/C17H19N3O3/c1-20(12-11-16(21)19-17(18)22)14-9-5-6-10-15(14)23-13-7-3-2-4-8-13/h2-10H,11-12H2,1H3,(H3,18,19,21,22). The molecule has 0 saturated heterocycles. The molecule has 120 valence electrons. The summed E-state index contributed by atoms with van der Waals surface area (Å²) in [6, 6.07) is 16.2. The van der Waals surface area contributed by atoms with Crippen molar-refractivity contribution in [2.45, 2.75) is 6.42 Å². The number of carbonyl (C=O) groups excluding carboxylic acids is 2. The fourth-order valence-corrected chi connectivity index (χ4v) is 2.06. The molecule has 2 aromatic rings. The molecule has 0 aliphatic heterocycles. The molecule has 0 unspecified atom stereocenters. The maximum absolute atomic E-state index is 11.5. The molecule has 2 rings (SSSR count). The lowest BCUT2D eigenvalue weighted by atomic mass is 10.2. The highest BCUT2D eigenvalue weighted by molar-refractivity contribution is 5.93. The normalized spacial score (nSPS) is 9.96. The maximum Gasteiger partial charge on any atom is 0.318 e. The summed E-state index contributed by atoms with van der Waals surface area (Å²) in [6.07, 6.45) is 0.152. The van der Waals surface area contributed by atoms with E-state index in [-0.39, 0.29) is 6.42 Å². The highest BCUT2D eigenvalue weighted by Crippen LogP contribution is 2.31. The Morgan fingerprint density at radius 3 is 2.43 bits per heavy atom. The van der Waals surface area contributed by atoms with Crippen molar-refractivity contribution < 1.29 is 14.3 Å². The van der Waals surface area contributed by atoms with Crippen LogP contribution in [0.5, 0.6) is 11.5 Å². The number of hydrogen-bond acceptors (Lipinski definition) is 4. The first-order chi connectivity index (χ1) is 11.1. The zero-order valence-electron chi connectivity index (χ0n) is 12.9. The lowest BCUT2D eigenvalue weighted by Crippen LogP contribution is -2.36. The van der Waals surface area contributed by atoms with Crippen LogP contribution in [0, 0.1) is 0 Å². The average Bonchev–Trinajstić information content (AvgIpc) is 2.53. The molecule has 0 atom stereocenters. The van der Waals surface area contributed by atoms with Gasteiger partial charge in [0.1, 0.15) is 5.75 Å². The summed E-state index contributed by atoms with van der Waals surface area (Å²) in [5.74, 6) is 1.02. The Morgan fingerprint density at radius 1 is 1.09 bits per heavy atom. The fraction of sp³-hybridized carbons (Fsp3) is 0.176. The van der Waals surface area contributed by atoms with Crippen molar-refractivity contribution in [2.24, 2.45) is 5.73 Å². The van der Waals surface area contributed by atoms with Crippen LogP contribution in [0.2, 0.25) is 0 Å². The molecule has 3 N–H and O–H groups in total. The summed E-state index contributed by atoms with van der Waals surface area (Å²) in [6.45, 7) is 0.425. The maximum atomic E-state index is 11.5. The fourth-order valence-electron chi connectivity index (χ4n) is 2.06. The summed E-state index contributed by atoms with van der Waals surface area (Å²) >= 11 is 0. The van der Waals surface area contributed by atoms with Crippen molar-refractivity contribution in [1.29, 1.82) is 0 Å². The van der Waals surface area contributed by atoms with Gasteiger partial charge in [0, 0.05) is 20.0 Å². The lowest BCUT2D eigenvalue weighted by Gasteiger charge is -2.22. The number of para-hydroxylation sites is 3. The molecule has 23 heavy (non-hydrogen) atoms. The molecule has 6 heteroatoms. The molecule has 0 heterocycles. The Balaban J connectivity index is 2.04. The van der Waals surface area contributed by atoms with Gasteiger partial charge in [-0.1, -0.05) is 30.3 Å². The number of primary amides is 1. The van der Waals surface area contributed by atoms with Gasteiger partial charge >= 0.3 is 6.03 Å². The van der Waals surface area contributed by atoms with E-state index in [4.69, 9.17) is 10.5 Å². The third-order valence-electron chi connectivity index (χ3n) is 3.18. The van der Waals surface area contributed by atoms with E-state index < -0.39 is 11.9 Å². The number of nitrogens with zero attached hydrogens (tertiary/aromatic N) is 1. The molecule has 0 saturated carbocycles. The third kappa shape index (κ3) is 5.03. The molecule has 0 radical (unpaired) electrons. The summed E-state index contributed by atoms with van der Waals surface area (Å²) in [5, 5.41) is 2.05. The summed E-state index contributed by atoms with van der Waals surface area (Å²) < 4.78 is 5.89. The highest BCUT2D eigenvalue weighted by atomic mass is 16.5. The van der Waals surface area contributed by atoms with E-state index >= 15 is 0 Å². The smallest absolute Gasteiger partial charge is 0.318 e. The first-order valence-electron chi connectivity index (χ1n) is 7.18. The molecular weight excluding hydrogens is 294 g/mol. The van der Waals surface area contributed by atoms with Crippen molar-refractivity contribution in [3.63, 3.8) is 0 Å². The van der Waals surface area contributed by atoms with Crippen LogP contribution >= 0.6 is 0 Å². The van der Waals surface area contributed by atoms with Crippen LogP contribution < -0.4 is 20.7 Å². The number of urea groups is 1. The van der Waals surface area contributed by atoms with Gasteiger partial charge in [-0.15, -0.1) is 0 Å². The Labute approximate surface area is 134 Å². The average molecular weight is 313 g/mol. The monoisotopic (exact) mass is 313 g/mol. The second-order valence-electron chi connectivity index (χ2n) is 4.97. The number of carbonyl (C=O) groups is 2. The number of imide groups is 1. The quantitative estimate of drug-likeness (QED) is 0.858. The minimum atomic E-state index is -0.842. The van der Waals surface area contributed by atoms with E-state index in [9.17, 15) is 9.59 Å². The van der Waals surface area contributed by atoms with Crippen LogP contribution in [-0.2, 0) is 4.79 Å². The number of anilines is 1. The topological polar surface area (TPSA) is 84.7 Å². The van der Waals surface area contributed by atoms with Crippen LogP contribution in [0.3, 0.4) is 0 Å². The van der Waals surface area contributed by atoms with E-state index in [0.29, 0.717) is 12.3 Å². The summed E-state index contributed by atoms with van der Waals surface area (Å²) in [7, 11) is 1.85. The molecule has 2 aromatic carbocycles. The predicted octanol–water partition coefficient (Wildman–Crippen LogP) is 2.50. The van der Waals surface area contributed by atoms with Crippen LogP contribution in [0.4, 0.5) is 10.5 Å². The van der Waals surface area contributed by atoms with Gasteiger partial charge in [-0.05, 0) is 24.3 Å². The molecule has 6 nitrogen and oxygen atoms in total. The number of rotatable bonds is 6. The SMILES string of the molecule is CN(CCC(=O)NC(N)=O)c1ccccc1Oc1ccccc1. The Morgan fingerprint density at radius 2 is 1.74 bits per heavy atom. The first-order valence-corrected chi connectivity index (χ1v) is 7.18. The van der Waals surface area contributed by atoms with Gasteiger partial charge in [0.05, 0.1) is 5.69 Å². The number of amides is 3. The van der Waals surface area contributed by atoms with Gasteiger partial charge in [0.25, 0.3) is 0 Å². The number of nitrogens with two attached hydrogens (primary N) is 1. The minimum absolute atomic E-state index is 0.152. The van der Waals surface area contributed by atoms with Crippen molar-refractivity contribution in [3.05, 3.63) is 54.6 Å². The molecule has 0 spiro atoms. The van der Waals surface area contributed by atoms with E-state index in [1.54, 1.807) is 0 Å². The number of ether oxygens (including phenoxy) is 1. The summed E-state index contributed by atoms with van der Waals surface area (Å²) in [5.41, 5.74) is 5.77. The van der Waals surface area contributed by atoms with Crippen LogP contribution in [0.25, 0.3) is 0 Å². The number of hydrogen-bond donors (Lipinski definition) is 2. The zero-order chi connectivity index (χ0) is 16.7. The van der Waals surface area contributed by atoms with Gasteiger partial charge in [-0.3, -0.25) is 10.1 Å². The molecule has 0 aromatic heterocycles. The second-order valence-corrected chi connectivity index (χ2v) is 4.97. The van der Waals surface area contributed by atoms with Gasteiger partial charge in [-0.25, -0.2) is 4.79 Å². The van der Waals surface area contributed by atoms with Crippen molar-refractivity contribution in [2.75, 3.05) is 18.5 Å².